The lowest BCUT2D eigenvalue weighted by molar-refractivity contribution is 0.0599. The summed E-state index contributed by atoms with van der Waals surface area (Å²) < 4.78 is 18.2. The molecule has 3 aromatic rings. The van der Waals surface area contributed by atoms with E-state index < -0.39 is 5.97 Å². The number of pyridine rings is 1. The number of aromatic nitrogens is 2. The van der Waals surface area contributed by atoms with Gasteiger partial charge in [-0.05, 0) is 47.9 Å². The summed E-state index contributed by atoms with van der Waals surface area (Å²) in [7, 11) is 1.31. The van der Waals surface area contributed by atoms with Crippen molar-refractivity contribution in [2.45, 2.75) is 6.42 Å². The molecule has 3 rings (SSSR count). The largest absolute Gasteiger partial charge is 0.465 e. The van der Waals surface area contributed by atoms with Gasteiger partial charge in [-0.3, -0.25) is 0 Å². The van der Waals surface area contributed by atoms with Crippen molar-refractivity contribution in [3.05, 3.63) is 65.2 Å². The Morgan fingerprint density at radius 2 is 2.19 bits per heavy atom. The zero-order valence-corrected chi connectivity index (χ0v) is 11.4. The van der Waals surface area contributed by atoms with Gasteiger partial charge in [-0.25, -0.2) is 14.2 Å². The first kappa shape index (κ1) is 13.3. The fourth-order valence-corrected chi connectivity index (χ4v) is 2.32. The van der Waals surface area contributed by atoms with Crippen LogP contribution in [0.25, 0.3) is 11.0 Å². The summed E-state index contributed by atoms with van der Waals surface area (Å²) in [6.07, 6.45) is 3.94. The molecule has 0 aliphatic rings. The first-order chi connectivity index (χ1) is 10.2. The third kappa shape index (κ3) is 2.63. The Hall–Kier alpha value is -2.69. The number of nitrogens with zero attached hydrogens (tertiary/aromatic N) is 1. The van der Waals surface area contributed by atoms with Gasteiger partial charge < -0.3 is 9.72 Å². The third-order valence-electron chi connectivity index (χ3n) is 3.32. The summed E-state index contributed by atoms with van der Waals surface area (Å²) in [5, 5.41) is 0.975. The molecule has 0 radical (unpaired) electrons. The average Bonchev–Trinajstić information content (AvgIpc) is 2.94. The monoisotopic (exact) mass is 284 g/mol. The van der Waals surface area contributed by atoms with Crippen LogP contribution >= 0.6 is 0 Å². The van der Waals surface area contributed by atoms with E-state index in [1.54, 1.807) is 6.20 Å². The first-order valence-electron chi connectivity index (χ1n) is 6.46. The van der Waals surface area contributed by atoms with E-state index in [0.717, 1.165) is 16.6 Å². The number of aromatic amines is 1. The summed E-state index contributed by atoms with van der Waals surface area (Å²) in [4.78, 5) is 19.0. The van der Waals surface area contributed by atoms with E-state index in [1.807, 2.05) is 18.3 Å². The molecular weight excluding hydrogens is 271 g/mol. The van der Waals surface area contributed by atoms with Crippen molar-refractivity contribution in [3.63, 3.8) is 0 Å². The van der Waals surface area contributed by atoms with Crippen LogP contribution in [0, 0.1) is 5.82 Å². The van der Waals surface area contributed by atoms with E-state index in [-0.39, 0.29) is 5.82 Å². The molecule has 0 saturated heterocycles. The van der Waals surface area contributed by atoms with E-state index >= 15 is 0 Å². The number of hydrogen-bond acceptors (Lipinski definition) is 3. The lowest BCUT2D eigenvalue weighted by Crippen LogP contribution is -2.07. The molecule has 2 heterocycles. The van der Waals surface area contributed by atoms with E-state index in [0.29, 0.717) is 17.5 Å². The van der Waals surface area contributed by atoms with Gasteiger partial charge in [0.1, 0.15) is 11.5 Å². The highest BCUT2D eigenvalue weighted by molar-refractivity contribution is 5.91. The Labute approximate surface area is 120 Å². The molecule has 0 atom stereocenters. The first-order valence-corrected chi connectivity index (χ1v) is 6.46. The van der Waals surface area contributed by atoms with Crippen molar-refractivity contribution in [1.29, 1.82) is 0 Å². The van der Waals surface area contributed by atoms with Gasteiger partial charge in [0, 0.05) is 17.8 Å². The molecule has 0 unspecified atom stereocenters. The van der Waals surface area contributed by atoms with Crippen molar-refractivity contribution >= 4 is 17.0 Å². The normalized spacial score (nSPS) is 10.8. The van der Waals surface area contributed by atoms with Gasteiger partial charge in [-0.1, -0.05) is 0 Å². The van der Waals surface area contributed by atoms with Crippen LogP contribution in [-0.2, 0) is 11.2 Å². The number of carbonyl (C=O) groups is 1. The van der Waals surface area contributed by atoms with Crippen LogP contribution in [0.15, 0.2) is 42.7 Å². The predicted octanol–water partition coefficient (Wildman–Crippen LogP) is 3.08. The molecule has 5 heteroatoms. The number of methoxy groups -OCH3 is 1. The number of fused-ring (bicyclic) bond motifs is 1. The van der Waals surface area contributed by atoms with Crippen LogP contribution < -0.4 is 0 Å². The number of carbonyl (C=O) groups excluding carboxylic acids is 1. The summed E-state index contributed by atoms with van der Waals surface area (Å²) in [5.41, 5.74) is 2.65. The zero-order chi connectivity index (χ0) is 14.8. The molecule has 4 nitrogen and oxygen atoms in total. The molecule has 0 fully saturated rings. The van der Waals surface area contributed by atoms with Crippen LogP contribution in [-0.4, -0.2) is 23.0 Å². The highest BCUT2D eigenvalue weighted by Crippen LogP contribution is 2.19. The minimum Gasteiger partial charge on any atom is -0.465 e. The van der Waals surface area contributed by atoms with Gasteiger partial charge in [0.25, 0.3) is 0 Å². The standard InChI is InChI=1S/C16H13FN2O2/c1-21-16(20)14-3-2-13(17)8-12(14)7-10-6-11-4-5-18-15(11)19-9-10/h2-6,8-9H,7H2,1H3,(H,18,19). The predicted molar refractivity (Wildman–Crippen MR) is 76.6 cm³/mol. The van der Waals surface area contributed by atoms with Gasteiger partial charge in [-0.15, -0.1) is 0 Å². The summed E-state index contributed by atoms with van der Waals surface area (Å²) in [5.74, 6) is -0.853. The Bertz CT molecular complexity index is 811. The van der Waals surface area contributed by atoms with E-state index in [2.05, 4.69) is 9.97 Å². The van der Waals surface area contributed by atoms with Gasteiger partial charge in [0.05, 0.1) is 12.7 Å². The number of halogens is 1. The molecule has 2 aromatic heterocycles. The minimum atomic E-state index is -0.472. The molecule has 0 saturated carbocycles. The fraction of sp³-hybridized carbons (Fsp3) is 0.125. The number of H-pyrrole nitrogens is 1. The third-order valence-corrected chi connectivity index (χ3v) is 3.32. The Morgan fingerprint density at radius 3 is 3.00 bits per heavy atom. The van der Waals surface area contributed by atoms with Gasteiger partial charge in [0.15, 0.2) is 0 Å². The highest BCUT2D eigenvalue weighted by atomic mass is 19.1. The Morgan fingerprint density at radius 1 is 1.33 bits per heavy atom. The van der Waals surface area contributed by atoms with Crippen LogP contribution in [0.1, 0.15) is 21.5 Å². The number of nitrogens with one attached hydrogen (secondary N) is 1. The van der Waals surface area contributed by atoms with Gasteiger partial charge in [-0.2, -0.15) is 0 Å². The number of hydrogen-bond donors (Lipinski definition) is 1. The van der Waals surface area contributed by atoms with Crippen LogP contribution in [0.5, 0.6) is 0 Å². The second kappa shape index (κ2) is 5.36. The molecule has 106 valence electrons. The molecule has 21 heavy (non-hydrogen) atoms. The summed E-state index contributed by atoms with van der Waals surface area (Å²) in [6.45, 7) is 0. The Kier molecular flexibility index (Phi) is 3.39. The van der Waals surface area contributed by atoms with Crippen LogP contribution in [0.3, 0.4) is 0 Å². The fourth-order valence-electron chi connectivity index (χ4n) is 2.32. The maximum atomic E-state index is 13.4. The maximum Gasteiger partial charge on any atom is 0.338 e. The zero-order valence-electron chi connectivity index (χ0n) is 11.4. The number of esters is 1. The van der Waals surface area contributed by atoms with Crippen molar-refractivity contribution in [2.75, 3.05) is 7.11 Å². The van der Waals surface area contributed by atoms with Crippen LogP contribution in [0.2, 0.25) is 0 Å². The van der Waals surface area contributed by atoms with E-state index in [9.17, 15) is 9.18 Å². The quantitative estimate of drug-likeness (QED) is 0.752. The summed E-state index contributed by atoms with van der Waals surface area (Å²) >= 11 is 0. The second-order valence-electron chi connectivity index (χ2n) is 4.73. The van der Waals surface area contributed by atoms with Crippen LogP contribution in [0.4, 0.5) is 4.39 Å². The molecule has 1 N–H and O–H groups in total. The number of benzene rings is 1. The van der Waals surface area contributed by atoms with Crippen molar-refractivity contribution in [1.82, 2.24) is 9.97 Å². The molecular formula is C16H13FN2O2. The maximum absolute atomic E-state index is 13.4. The topological polar surface area (TPSA) is 55.0 Å². The SMILES string of the molecule is COC(=O)c1ccc(F)cc1Cc1cnc2[nH]ccc2c1. The van der Waals surface area contributed by atoms with Crippen molar-refractivity contribution in [3.8, 4) is 0 Å². The molecule has 0 aliphatic heterocycles. The second-order valence-corrected chi connectivity index (χ2v) is 4.73. The summed E-state index contributed by atoms with van der Waals surface area (Å²) in [6, 6.07) is 7.93. The smallest absolute Gasteiger partial charge is 0.338 e. The van der Waals surface area contributed by atoms with E-state index in [1.165, 1.54) is 25.3 Å². The lowest BCUT2D eigenvalue weighted by Gasteiger charge is -2.08. The lowest BCUT2D eigenvalue weighted by atomic mass is 10.00. The van der Waals surface area contributed by atoms with Crippen molar-refractivity contribution < 1.29 is 13.9 Å². The molecule has 0 bridgehead atoms. The van der Waals surface area contributed by atoms with Gasteiger partial charge >= 0.3 is 5.97 Å². The highest BCUT2D eigenvalue weighted by Gasteiger charge is 2.13. The molecule has 0 amide bonds. The minimum absolute atomic E-state index is 0.369. The number of ether oxygens (including phenoxy) is 1. The van der Waals surface area contributed by atoms with Crippen molar-refractivity contribution in [2.24, 2.45) is 0 Å². The van der Waals surface area contributed by atoms with Gasteiger partial charge in [0.2, 0.25) is 0 Å². The molecule has 0 aliphatic carbocycles. The molecule has 1 aromatic carbocycles. The average molecular weight is 284 g/mol. The molecule has 0 spiro atoms. The Balaban J connectivity index is 1.99. The van der Waals surface area contributed by atoms with E-state index in [4.69, 9.17) is 4.74 Å². The number of rotatable bonds is 3.